The highest BCUT2D eigenvalue weighted by Gasteiger charge is 2.40. The van der Waals surface area contributed by atoms with Crippen LogP contribution in [0, 0.1) is 0 Å². The Morgan fingerprint density at radius 2 is 1.81 bits per heavy atom. The van der Waals surface area contributed by atoms with Crippen molar-refractivity contribution in [2.24, 2.45) is 0 Å². The number of halogens is 2. The number of fused-ring (bicyclic) bond motifs is 1. The summed E-state index contributed by atoms with van der Waals surface area (Å²) in [5.41, 5.74) is 1.77. The third kappa shape index (κ3) is 3.02. The quantitative estimate of drug-likeness (QED) is 0.521. The zero-order chi connectivity index (χ0) is 19.2. The number of nitrogens with zero attached hydrogens (tertiary/aromatic N) is 1. The molecule has 142 valence electrons. The minimum Gasteiger partial charge on any atom is -0.344 e. The summed E-state index contributed by atoms with van der Waals surface area (Å²) in [6.45, 7) is 2.69. The van der Waals surface area contributed by atoms with Crippen molar-refractivity contribution >= 4 is 48.5 Å². The molecule has 2 heterocycles. The summed E-state index contributed by atoms with van der Waals surface area (Å²) >= 11 is 9.69. The van der Waals surface area contributed by atoms with Crippen molar-refractivity contribution in [1.29, 1.82) is 0 Å². The fourth-order valence-electron chi connectivity index (χ4n) is 3.55. The van der Waals surface area contributed by atoms with Gasteiger partial charge in [-0.25, -0.2) is 12.4 Å². The van der Waals surface area contributed by atoms with Gasteiger partial charge < -0.3 is 9.47 Å². The average Bonchev–Trinajstić information content (AvgIpc) is 3.24. The summed E-state index contributed by atoms with van der Waals surface area (Å²) in [4.78, 5) is 0.212. The lowest BCUT2D eigenvalue weighted by molar-refractivity contribution is -0.149. The van der Waals surface area contributed by atoms with Crippen LogP contribution in [0.25, 0.3) is 10.9 Å². The Bertz CT molecular complexity index is 1110. The molecule has 0 radical (unpaired) electrons. The van der Waals surface area contributed by atoms with Crippen LogP contribution < -0.4 is 0 Å². The average molecular weight is 471 g/mol. The Labute approximate surface area is 171 Å². The number of hydrogen-bond acceptors (Lipinski definition) is 4. The van der Waals surface area contributed by atoms with Gasteiger partial charge in [0.05, 0.1) is 29.3 Å². The smallest absolute Gasteiger partial charge is 0.268 e. The van der Waals surface area contributed by atoms with Crippen LogP contribution in [0.5, 0.6) is 0 Å². The first kappa shape index (κ1) is 19.0. The van der Waals surface area contributed by atoms with Gasteiger partial charge in [-0.2, -0.15) is 0 Å². The highest BCUT2D eigenvalue weighted by Crippen LogP contribution is 2.42. The number of alkyl halides is 1. The molecule has 3 aromatic rings. The van der Waals surface area contributed by atoms with Crippen LogP contribution >= 0.6 is 27.5 Å². The van der Waals surface area contributed by atoms with Crippen LogP contribution in [0.4, 0.5) is 0 Å². The Morgan fingerprint density at radius 3 is 2.44 bits per heavy atom. The molecule has 27 heavy (non-hydrogen) atoms. The largest absolute Gasteiger partial charge is 0.344 e. The van der Waals surface area contributed by atoms with E-state index in [2.05, 4.69) is 15.9 Å². The Balaban J connectivity index is 2.10. The highest BCUT2D eigenvalue weighted by molar-refractivity contribution is 9.08. The van der Waals surface area contributed by atoms with Crippen LogP contribution in [0.15, 0.2) is 53.4 Å². The fraction of sp³-hybridized carbons (Fsp3) is 0.263. The lowest BCUT2D eigenvalue weighted by atomic mass is 10.0. The minimum absolute atomic E-state index is 0.212. The number of rotatable bonds is 4. The Hall–Kier alpha value is -1.38. The Morgan fingerprint density at radius 1 is 1.15 bits per heavy atom. The zero-order valence-corrected chi connectivity index (χ0v) is 17.6. The molecule has 1 fully saturated rings. The van der Waals surface area contributed by atoms with Gasteiger partial charge in [-0.3, -0.25) is 0 Å². The molecule has 0 aliphatic carbocycles. The first-order valence-corrected chi connectivity index (χ1v) is 11.3. The van der Waals surface area contributed by atoms with Gasteiger partial charge >= 0.3 is 0 Å². The van der Waals surface area contributed by atoms with Crippen LogP contribution in [0.2, 0.25) is 5.02 Å². The molecule has 4 rings (SSSR count). The van der Waals surface area contributed by atoms with Crippen molar-refractivity contribution in [2.45, 2.75) is 22.9 Å². The van der Waals surface area contributed by atoms with E-state index in [9.17, 15) is 8.42 Å². The molecule has 5 nitrogen and oxygen atoms in total. The topological polar surface area (TPSA) is 57.5 Å². The summed E-state index contributed by atoms with van der Waals surface area (Å²) in [7, 11) is -3.82. The molecule has 1 aromatic heterocycles. The number of aromatic nitrogens is 1. The molecule has 0 saturated carbocycles. The molecule has 1 aliphatic heterocycles. The van der Waals surface area contributed by atoms with E-state index in [4.69, 9.17) is 21.1 Å². The lowest BCUT2D eigenvalue weighted by Gasteiger charge is -2.24. The maximum absolute atomic E-state index is 13.5. The summed E-state index contributed by atoms with van der Waals surface area (Å²) in [5, 5.41) is 1.52. The molecule has 1 aliphatic rings. The van der Waals surface area contributed by atoms with Crippen LogP contribution in [0.1, 0.15) is 18.2 Å². The molecule has 0 atom stereocenters. The first-order valence-electron chi connectivity index (χ1n) is 8.36. The summed E-state index contributed by atoms with van der Waals surface area (Å²) in [6.07, 6.45) is 0. The molecule has 0 amide bonds. The maximum atomic E-state index is 13.5. The SMILES string of the molecule is CC1(c2c(CBr)n(S(=O)(=O)c3ccccc3)c3ccc(Cl)cc23)OCCO1. The lowest BCUT2D eigenvalue weighted by Crippen LogP contribution is -2.25. The van der Waals surface area contributed by atoms with E-state index in [1.54, 1.807) is 55.5 Å². The van der Waals surface area contributed by atoms with Crippen molar-refractivity contribution in [1.82, 2.24) is 3.97 Å². The van der Waals surface area contributed by atoms with E-state index in [-0.39, 0.29) is 4.90 Å². The first-order chi connectivity index (χ1) is 12.9. The van der Waals surface area contributed by atoms with E-state index in [0.717, 1.165) is 0 Å². The third-order valence-electron chi connectivity index (χ3n) is 4.68. The molecule has 0 bridgehead atoms. The third-order valence-corrected chi connectivity index (χ3v) is 7.21. The van der Waals surface area contributed by atoms with Gasteiger partial charge in [0.25, 0.3) is 10.0 Å². The van der Waals surface area contributed by atoms with E-state index in [1.807, 2.05) is 0 Å². The molecule has 2 aromatic carbocycles. The van der Waals surface area contributed by atoms with Crippen LogP contribution in [-0.2, 0) is 30.6 Å². The van der Waals surface area contributed by atoms with Gasteiger partial charge in [-0.1, -0.05) is 45.7 Å². The van der Waals surface area contributed by atoms with Crippen molar-refractivity contribution in [2.75, 3.05) is 13.2 Å². The predicted molar refractivity (Wildman–Crippen MR) is 108 cm³/mol. The van der Waals surface area contributed by atoms with Gasteiger partial charge in [0, 0.05) is 21.3 Å². The predicted octanol–water partition coefficient (Wildman–Crippen LogP) is 4.65. The van der Waals surface area contributed by atoms with Crippen molar-refractivity contribution in [3.8, 4) is 0 Å². The molecule has 8 heteroatoms. The van der Waals surface area contributed by atoms with E-state index in [1.165, 1.54) is 3.97 Å². The summed E-state index contributed by atoms with van der Waals surface area (Å²) in [6, 6.07) is 13.5. The highest BCUT2D eigenvalue weighted by atomic mass is 79.9. The van der Waals surface area contributed by atoms with Gasteiger partial charge in [-0.15, -0.1) is 0 Å². The van der Waals surface area contributed by atoms with E-state index in [0.29, 0.717) is 45.7 Å². The molecule has 0 spiro atoms. The molecular weight excluding hydrogens is 454 g/mol. The van der Waals surface area contributed by atoms with E-state index < -0.39 is 15.8 Å². The monoisotopic (exact) mass is 469 g/mol. The van der Waals surface area contributed by atoms with Crippen molar-refractivity contribution in [3.05, 3.63) is 64.8 Å². The summed E-state index contributed by atoms with van der Waals surface area (Å²) < 4.78 is 40.0. The van der Waals surface area contributed by atoms with Crippen molar-refractivity contribution < 1.29 is 17.9 Å². The summed E-state index contributed by atoms with van der Waals surface area (Å²) in [5.74, 6) is -1.04. The molecule has 1 saturated heterocycles. The molecule has 0 unspecified atom stereocenters. The minimum atomic E-state index is -3.82. The van der Waals surface area contributed by atoms with E-state index >= 15 is 0 Å². The Kier molecular flexibility index (Phi) is 4.84. The van der Waals surface area contributed by atoms with Gasteiger partial charge in [-0.05, 0) is 37.3 Å². The van der Waals surface area contributed by atoms with Crippen molar-refractivity contribution in [3.63, 3.8) is 0 Å². The number of benzene rings is 2. The second-order valence-corrected chi connectivity index (χ2v) is 9.13. The fourth-order valence-corrected chi connectivity index (χ4v) is 5.99. The number of hydrogen-bond donors (Lipinski definition) is 0. The second kappa shape index (κ2) is 6.90. The molecule has 0 N–H and O–H groups in total. The second-order valence-electron chi connectivity index (χ2n) is 6.34. The zero-order valence-electron chi connectivity index (χ0n) is 14.5. The molecular formula is C19H17BrClNO4S. The van der Waals surface area contributed by atoms with Crippen LogP contribution in [0.3, 0.4) is 0 Å². The normalized spacial score (nSPS) is 16.9. The van der Waals surface area contributed by atoms with Gasteiger partial charge in [0.15, 0.2) is 5.79 Å². The standard InChI is InChI=1S/C19H17BrClNO4S/c1-19(25-9-10-26-19)18-15-11-13(21)7-8-16(15)22(17(18)12-20)27(23,24)14-5-3-2-4-6-14/h2-8,11H,9-10,12H2,1H3. The maximum Gasteiger partial charge on any atom is 0.268 e. The van der Waals surface area contributed by atoms with Gasteiger partial charge in [0.2, 0.25) is 0 Å². The number of ether oxygens (including phenoxy) is 2. The van der Waals surface area contributed by atoms with Gasteiger partial charge in [0.1, 0.15) is 0 Å². The van der Waals surface area contributed by atoms with Crippen LogP contribution in [-0.4, -0.2) is 25.6 Å².